The summed E-state index contributed by atoms with van der Waals surface area (Å²) < 4.78 is 14.9. The molecule has 4 nitrogen and oxygen atoms in total. The monoisotopic (exact) mass is 413 g/mol. The lowest BCUT2D eigenvalue weighted by Gasteiger charge is -2.36. The van der Waals surface area contributed by atoms with E-state index in [4.69, 9.17) is 0 Å². The Morgan fingerprint density at radius 1 is 1.00 bits per heavy atom. The Bertz CT molecular complexity index is 1220. The van der Waals surface area contributed by atoms with Gasteiger partial charge in [0.1, 0.15) is 11.9 Å². The number of fused-ring (bicyclic) bond motifs is 3. The number of urea groups is 1. The maximum Gasteiger partial charge on any atom is 0.318 e. The van der Waals surface area contributed by atoms with Gasteiger partial charge in [0.25, 0.3) is 0 Å². The van der Waals surface area contributed by atoms with Crippen molar-refractivity contribution in [3.63, 3.8) is 0 Å². The molecule has 4 aromatic rings. The molecule has 156 valence electrons. The van der Waals surface area contributed by atoms with E-state index < -0.39 is 6.04 Å². The number of amides is 2. The zero-order valence-electron chi connectivity index (χ0n) is 17.1. The van der Waals surface area contributed by atoms with Crippen molar-refractivity contribution < 1.29 is 9.18 Å². The molecule has 1 aromatic heterocycles. The van der Waals surface area contributed by atoms with Crippen LogP contribution in [-0.4, -0.2) is 29.0 Å². The van der Waals surface area contributed by atoms with Crippen LogP contribution in [0.25, 0.3) is 10.9 Å². The number of nitrogens with zero attached hydrogens (tertiary/aromatic N) is 1. The molecule has 2 amide bonds. The minimum absolute atomic E-state index is 0.173. The first-order valence-electron chi connectivity index (χ1n) is 10.6. The predicted octanol–water partition coefficient (Wildman–Crippen LogP) is 5.21. The van der Waals surface area contributed by atoms with Crippen molar-refractivity contribution in [1.29, 1.82) is 0 Å². The third-order valence-corrected chi connectivity index (χ3v) is 6.03. The molecule has 0 unspecified atom stereocenters. The summed E-state index contributed by atoms with van der Waals surface area (Å²) in [7, 11) is 0. The fraction of sp³-hybridized carbons (Fsp3) is 0.192. The lowest BCUT2D eigenvalue weighted by atomic mass is 9.92. The minimum Gasteiger partial charge on any atom is -0.356 e. The molecule has 0 radical (unpaired) electrons. The highest BCUT2D eigenvalue weighted by Gasteiger charge is 2.35. The first-order chi connectivity index (χ1) is 15.2. The van der Waals surface area contributed by atoms with E-state index in [0.29, 0.717) is 18.7 Å². The fourth-order valence-electron chi connectivity index (χ4n) is 4.54. The Morgan fingerprint density at radius 3 is 2.58 bits per heavy atom. The second-order valence-corrected chi connectivity index (χ2v) is 7.90. The topological polar surface area (TPSA) is 48.1 Å². The maximum absolute atomic E-state index is 14.9. The SMILES string of the molecule is O=C(NCCc1ccccc1)N1CCc2c([nH]c3ccccc23)[C@@H]1c1ccccc1F. The molecule has 5 rings (SSSR count). The lowest BCUT2D eigenvalue weighted by Crippen LogP contribution is -2.46. The van der Waals surface area contributed by atoms with Gasteiger partial charge in [0, 0.05) is 35.2 Å². The molecular weight excluding hydrogens is 389 g/mol. The van der Waals surface area contributed by atoms with Gasteiger partial charge in [0.05, 0.1) is 0 Å². The Hall–Kier alpha value is -3.60. The van der Waals surface area contributed by atoms with Gasteiger partial charge in [-0.3, -0.25) is 0 Å². The summed E-state index contributed by atoms with van der Waals surface area (Å²) in [6.07, 6.45) is 1.48. The number of aromatic nitrogens is 1. The van der Waals surface area contributed by atoms with Crippen molar-refractivity contribution in [1.82, 2.24) is 15.2 Å². The van der Waals surface area contributed by atoms with E-state index in [1.165, 1.54) is 11.6 Å². The van der Waals surface area contributed by atoms with Crippen molar-refractivity contribution in [2.45, 2.75) is 18.9 Å². The van der Waals surface area contributed by atoms with Crippen LogP contribution in [0.5, 0.6) is 0 Å². The van der Waals surface area contributed by atoms with Gasteiger partial charge < -0.3 is 15.2 Å². The lowest BCUT2D eigenvalue weighted by molar-refractivity contribution is 0.178. The first kappa shape index (κ1) is 19.4. The summed E-state index contributed by atoms with van der Waals surface area (Å²) in [5.41, 5.74) is 4.76. The fourth-order valence-corrected chi connectivity index (χ4v) is 4.54. The molecule has 31 heavy (non-hydrogen) atoms. The van der Waals surface area contributed by atoms with Crippen LogP contribution in [0.2, 0.25) is 0 Å². The number of rotatable bonds is 4. The number of halogens is 1. The summed E-state index contributed by atoms with van der Waals surface area (Å²) in [4.78, 5) is 18.4. The van der Waals surface area contributed by atoms with Crippen molar-refractivity contribution in [3.05, 3.63) is 107 Å². The highest BCUT2D eigenvalue weighted by Crippen LogP contribution is 2.39. The molecule has 1 atom stereocenters. The second-order valence-electron chi connectivity index (χ2n) is 7.90. The van der Waals surface area contributed by atoms with Crippen LogP contribution in [0.4, 0.5) is 9.18 Å². The number of H-pyrrole nitrogens is 1. The quantitative estimate of drug-likeness (QED) is 0.474. The van der Waals surface area contributed by atoms with Gasteiger partial charge in [0.15, 0.2) is 0 Å². The molecule has 5 heteroatoms. The zero-order chi connectivity index (χ0) is 21.2. The van der Waals surface area contributed by atoms with Gasteiger partial charge in [-0.05, 0) is 36.1 Å². The number of carbonyl (C=O) groups excluding carboxylic acids is 1. The average molecular weight is 413 g/mol. The molecule has 0 spiro atoms. The molecule has 0 bridgehead atoms. The summed E-state index contributed by atoms with van der Waals surface area (Å²) in [6, 6.07) is 24.2. The van der Waals surface area contributed by atoms with Gasteiger partial charge >= 0.3 is 6.03 Å². The van der Waals surface area contributed by atoms with E-state index >= 15 is 0 Å². The number of hydrogen-bond donors (Lipinski definition) is 2. The van der Waals surface area contributed by atoms with Crippen LogP contribution in [0.3, 0.4) is 0 Å². The van der Waals surface area contributed by atoms with E-state index in [1.54, 1.807) is 17.0 Å². The molecule has 1 aliphatic heterocycles. The van der Waals surface area contributed by atoms with Crippen LogP contribution < -0.4 is 5.32 Å². The van der Waals surface area contributed by atoms with Crippen molar-refractivity contribution in [2.75, 3.05) is 13.1 Å². The molecule has 3 aromatic carbocycles. The largest absolute Gasteiger partial charge is 0.356 e. The van der Waals surface area contributed by atoms with Gasteiger partial charge in [-0.1, -0.05) is 66.7 Å². The number of hydrogen-bond acceptors (Lipinski definition) is 1. The van der Waals surface area contributed by atoms with Gasteiger partial charge in [0.2, 0.25) is 0 Å². The normalized spacial score (nSPS) is 15.6. The van der Waals surface area contributed by atoms with Crippen LogP contribution in [-0.2, 0) is 12.8 Å². The highest BCUT2D eigenvalue weighted by atomic mass is 19.1. The second kappa shape index (κ2) is 8.26. The Kier molecular flexibility index (Phi) is 5.16. The summed E-state index contributed by atoms with van der Waals surface area (Å²) >= 11 is 0. The van der Waals surface area contributed by atoms with E-state index in [1.807, 2.05) is 54.6 Å². The molecule has 2 heterocycles. The first-order valence-corrected chi connectivity index (χ1v) is 10.6. The van der Waals surface area contributed by atoms with Crippen molar-refractivity contribution in [3.8, 4) is 0 Å². The van der Waals surface area contributed by atoms with E-state index in [9.17, 15) is 9.18 Å². The molecular formula is C26H24FN3O. The molecule has 2 N–H and O–H groups in total. The summed E-state index contributed by atoms with van der Waals surface area (Å²) in [6.45, 7) is 1.06. The van der Waals surface area contributed by atoms with Gasteiger partial charge in [-0.25, -0.2) is 9.18 Å². The van der Waals surface area contributed by atoms with Crippen LogP contribution in [0, 0.1) is 5.82 Å². The minimum atomic E-state index is -0.492. The standard InChI is InChI=1S/C26H24FN3O/c27-22-12-6-4-11-21(22)25-24-20(19-10-5-7-13-23(19)29-24)15-17-30(25)26(31)28-16-14-18-8-2-1-3-9-18/h1-13,25,29H,14-17H2,(H,28,31)/t25-/m0/s1. The molecule has 0 saturated heterocycles. The smallest absolute Gasteiger partial charge is 0.318 e. The molecule has 0 saturated carbocycles. The number of carbonyl (C=O) groups is 1. The number of aromatic amines is 1. The summed E-state index contributed by atoms with van der Waals surface area (Å²) in [5.74, 6) is -0.305. The molecule has 1 aliphatic rings. The molecule has 0 aliphatic carbocycles. The van der Waals surface area contributed by atoms with E-state index in [0.717, 1.165) is 35.0 Å². The predicted molar refractivity (Wildman–Crippen MR) is 120 cm³/mol. The summed E-state index contributed by atoms with van der Waals surface area (Å²) in [5, 5.41) is 4.18. The van der Waals surface area contributed by atoms with Crippen LogP contribution in [0.15, 0.2) is 78.9 Å². The van der Waals surface area contributed by atoms with Crippen molar-refractivity contribution >= 4 is 16.9 Å². The third-order valence-electron chi connectivity index (χ3n) is 6.03. The Morgan fingerprint density at radius 2 is 1.74 bits per heavy atom. The zero-order valence-corrected chi connectivity index (χ0v) is 17.1. The third kappa shape index (κ3) is 3.67. The van der Waals surface area contributed by atoms with Gasteiger partial charge in [-0.2, -0.15) is 0 Å². The van der Waals surface area contributed by atoms with Crippen LogP contribution >= 0.6 is 0 Å². The Balaban J connectivity index is 1.46. The Labute approximate surface area is 180 Å². The van der Waals surface area contributed by atoms with Crippen LogP contribution in [0.1, 0.15) is 28.4 Å². The number of benzene rings is 3. The van der Waals surface area contributed by atoms with Gasteiger partial charge in [-0.15, -0.1) is 0 Å². The van der Waals surface area contributed by atoms with E-state index in [2.05, 4.69) is 16.4 Å². The van der Waals surface area contributed by atoms with Crippen molar-refractivity contribution in [2.24, 2.45) is 0 Å². The number of para-hydroxylation sites is 1. The maximum atomic E-state index is 14.9. The molecule has 0 fully saturated rings. The van der Waals surface area contributed by atoms with E-state index in [-0.39, 0.29) is 11.8 Å². The number of nitrogens with one attached hydrogen (secondary N) is 2. The highest BCUT2D eigenvalue weighted by molar-refractivity contribution is 5.86. The average Bonchev–Trinajstić information content (AvgIpc) is 3.18.